The van der Waals surface area contributed by atoms with Crippen LogP contribution in [0.2, 0.25) is 0 Å². The van der Waals surface area contributed by atoms with Gasteiger partial charge in [0.15, 0.2) is 5.13 Å². The molecular weight excluding hydrogens is 236 g/mol. The number of nitrogens with two attached hydrogens (primary N) is 1. The molecule has 0 atom stereocenters. The molecule has 0 aliphatic carbocycles. The fourth-order valence-electron chi connectivity index (χ4n) is 1.43. The van der Waals surface area contributed by atoms with Gasteiger partial charge in [0.1, 0.15) is 10.7 Å². The summed E-state index contributed by atoms with van der Waals surface area (Å²) < 4.78 is 0. The zero-order valence-electron chi connectivity index (χ0n) is 10.6. The lowest BCUT2D eigenvalue weighted by Crippen LogP contribution is -2.23. The smallest absolute Gasteiger partial charge is 0.265 e. The van der Waals surface area contributed by atoms with Crippen molar-refractivity contribution in [3.05, 3.63) is 4.88 Å². The average molecular weight is 256 g/mol. The molecule has 0 aliphatic rings. The highest BCUT2D eigenvalue weighted by Crippen LogP contribution is 2.27. The van der Waals surface area contributed by atoms with Crippen molar-refractivity contribution in [1.29, 1.82) is 0 Å². The molecule has 0 radical (unpaired) electrons. The van der Waals surface area contributed by atoms with Crippen molar-refractivity contribution in [3.63, 3.8) is 0 Å². The molecule has 1 amide bonds. The Morgan fingerprint density at radius 2 is 2.06 bits per heavy atom. The fraction of sp³-hybridized carbons (Fsp3) is 0.636. The van der Waals surface area contributed by atoms with E-state index in [2.05, 4.69) is 29.0 Å². The Bertz CT molecular complexity index is 374. The van der Waals surface area contributed by atoms with Crippen molar-refractivity contribution in [3.8, 4) is 0 Å². The quantitative estimate of drug-likeness (QED) is 0.813. The molecule has 0 aliphatic heterocycles. The van der Waals surface area contributed by atoms with Crippen molar-refractivity contribution in [2.45, 2.75) is 27.2 Å². The third-order valence-corrected chi connectivity index (χ3v) is 3.55. The van der Waals surface area contributed by atoms with Crippen LogP contribution >= 0.6 is 11.3 Å². The zero-order chi connectivity index (χ0) is 12.8. The summed E-state index contributed by atoms with van der Waals surface area (Å²) in [4.78, 5) is 18.6. The van der Waals surface area contributed by atoms with Gasteiger partial charge in [-0.2, -0.15) is 0 Å². The first kappa shape index (κ1) is 13.8. The number of nitrogen functional groups attached to an aromatic ring is 1. The molecule has 0 aromatic carbocycles. The normalized spacial score (nSPS) is 10.3. The van der Waals surface area contributed by atoms with Crippen LogP contribution in [0.15, 0.2) is 0 Å². The second-order valence-electron chi connectivity index (χ2n) is 3.64. The maximum absolute atomic E-state index is 11.8. The minimum absolute atomic E-state index is 0.125. The number of aromatic nitrogens is 1. The van der Waals surface area contributed by atoms with E-state index in [9.17, 15) is 4.79 Å². The Morgan fingerprint density at radius 1 is 1.41 bits per heavy atom. The summed E-state index contributed by atoms with van der Waals surface area (Å²) in [5, 5.41) is 3.62. The zero-order valence-corrected chi connectivity index (χ0v) is 11.4. The summed E-state index contributed by atoms with van der Waals surface area (Å²) >= 11 is 1.35. The number of rotatable bonds is 6. The second kappa shape index (κ2) is 6.44. The van der Waals surface area contributed by atoms with Gasteiger partial charge >= 0.3 is 0 Å². The number of hydrogen-bond donors (Lipinski definition) is 2. The predicted molar refractivity (Wildman–Crippen MR) is 72.7 cm³/mol. The Labute approximate surface area is 106 Å². The molecule has 96 valence electrons. The van der Waals surface area contributed by atoms with Crippen LogP contribution in [0, 0.1) is 0 Å². The van der Waals surface area contributed by atoms with E-state index in [1.165, 1.54) is 11.3 Å². The van der Waals surface area contributed by atoms with Gasteiger partial charge < -0.3 is 16.0 Å². The number of amides is 1. The fourth-order valence-corrected chi connectivity index (χ4v) is 2.46. The summed E-state index contributed by atoms with van der Waals surface area (Å²) in [5.41, 5.74) is 5.77. The molecule has 0 fully saturated rings. The van der Waals surface area contributed by atoms with E-state index < -0.39 is 0 Å². The van der Waals surface area contributed by atoms with Gasteiger partial charge in [-0.25, -0.2) is 4.98 Å². The lowest BCUT2D eigenvalue weighted by molar-refractivity contribution is 0.0958. The summed E-state index contributed by atoms with van der Waals surface area (Å²) in [6.07, 6.45) is 0.910. The Morgan fingerprint density at radius 3 is 2.59 bits per heavy atom. The van der Waals surface area contributed by atoms with Crippen LogP contribution in [0.5, 0.6) is 0 Å². The minimum Gasteiger partial charge on any atom is -0.382 e. The van der Waals surface area contributed by atoms with Crippen molar-refractivity contribution in [2.24, 2.45) is 0 Å². The van der Waals surface area contributed by atoms with Gasteiger partial charge in [0, 0.05) is 19.6 Å². The number of thiazole rings is 1. The van der Waals surface area contributed by atoms with Crippen molar-refractivity contribution < 1.29 is 4.79 Å². The minimum atomic E-state index is -0.125. The van der Waals surface area contributed by atoms with Crippen molar-refractivity contribution in [1.82, 2.24) is 10.3 Å². The van der Waals surface area contributed by atoms with Crippen LogP contribution < -0.4 is 16.0 Å². The van der Waals surface area contributed by atoms with E-state index in [4.69, 9.17) is 5.73 Å². The van der Waals surface area contributed by atoms with Crippen molar-refractivity contribution >= 4 is 28.2 Å². The molecule has 17 heavy (non-hydrogen) atoms. The van der Waals surface area contributed by atoms with Gasteiger partial charge in [0.25, 0.3) is 5.91 Å². The van der Waals surface area contributed by atoms with Gasteiger partial charge in [-0.15, -0.1) is 0 Å². The lowest BCUT2D eigenvalue weighted by Gasteiger charge is -2.16. The summed E-state index contributed by atoms with van der Waals surface area (Å²) in [5.74, 6) is 0.200. The summed E-state index contributed by atoms with van der Waals surface area (Å²) in [6, 6.07) is 0. The van der Waals surface area contributed by atoms with Gasteiger partial charge in [-0.05, 0) is 20.3 Å². The molecule has 1 rings (SSSR count). The first-order valence-electron chi connectivity index (χ1n) is 5.93. The molecule has 0 bridgehead atoms. The highest BCUT2D eigenvalue weighted by atomic mass is 32.1. The van der Waals surface area contributed by atoms with E-state index in [1.54, 1.807) is 0 Å². The number of anilines is 2. The van der Waals surface area contributed by atoms with Crippen LogP contribution in [0.1, 0.15) is 36.9 Å². The van der Waals surface area contributed by atoms with E-state index in [0.717, 1.165) is 24.6 Å². The maximum atomic E-state index is 11.8. The average Bonchev–Trinajstić information content (AvgIpc) is 2.70. The predicted octanol–water partition coefficient (Wildman–Crippen LogP) is 1.71. The lowest BCUT2D eigenvalue weighted by atomic mass is 10.4. The molecule has 1 heterocycles. The van der Waals surface area contributed by atoms with Crippen LogP contribution in [-0.2, 0) is 0 Å². The molecule has 1 aromatic rings. The van der Waals surface area contributed by atoms with Gasteiger partial charge in [0.2, 0.25) is 0 Å². The van der Waals surface area contributed by atoms with Crippen LogP contribution in [0.3, 0.4) is 0 Å². The van der Waals surface area contributed by atoms with Gasteiger partial charge in [-0.3, -0.25) is 4.79 Å². The number of hydrogen-bond acceptors (Lipinski definition) is 5. The summed E-state index contributed by atoms with van der Waals surface area (Å²) in [7, 11) is 0. The first-order valence-corrected chi connectivity index (χ1v) is 6.75. The SMILES string of the molecule is CCCNC(=O)c1sc(N(CC)CC)nc1N. The Hall–Kier alpha value is -1.30. The topological polar surface area (TPSA) is 71.2 Å². The van der Waals surface area contributed by atoms with Crippen LogP contribution in [0.4, 0.5) is 10.9 Å². The number of nitrogens with zero attached hydrogens (tertiary/aromatic N) is 2. The number of nitrogens with one attached hydrogen (secondary N) is 1. The molecule has 0 unspecified atom stereocenters. The van der Waals surface area contributed by atoms with Gasteiger partial charge in [-0.1, -0.05) is 18.3 Å². The van der Waals surface area contributed by atoms with E-state index >= 15 is 0 Å². The second-order valence-corrected chi connectivity index (χ2v) is 4.62. The molecule has 0 spiro atoms. The number of carbonyl (C=O) groups excluding carboxylic acids is 1. The molecule has 6 heteroatoms. The molecule has 0 saturated carbocycles. The third-order valence-electron chi connectivity index (χ3n) is 2.42. The molecule has 5 nitrogen and oxygen atoms in total. The molecular formula is C11H20N4OS. The molecule has 3 N–H and O–H groups in total. The molecule has 0 saturated heterocycles. The maximum Gasteiger partial charge on any atom is 0.265 e. The molecule has 1 aromatic heterocycles. The van der Waals surface area contributed by atoms with Crippen molar-refractivity contribution in [2.75, 3.05) is 30.3 Å². The van der Waals surface area contributed by atoms with E-state index in [1.807, 2.05) is 6.92 Å². The van der Waals surface area contributed by atoms with E-state index in [0.29, 0.717) is 17.2 Å². The monoisotopic (exact) mass is 256 g/mol. The Balaban J connectivity index is 2.84. The Kier molecular flexibility index (Phi) is 5.21. The van der Waals surface area contributed by atoms with Gasteiger partial charge in [0.05, 0.1) is 0 Å². The van der Waals surface area contributed by atoms with Crippen LogP contribution in [0.25, 0.3) is 0 Å². The summed E-state index contributed by atoms with van der Waals surface area (Å²) in [6.45, 7) is 8.50. The third kappa shape index (κ3) is 3.33. The number of carbonyl (C=O) groups is 1. The standard InChI is InChI=1S/C11H20N4OS/c1-4-7-13-10(16)8-9(12)14-11(17-8)15(5-2)6-3/h4-7,12H2,1-3H3,(H,13,16). The van der Waals surface area contributed by atoms with E-state index in [-0.39, 0.29) is 5.91 Å². The highest BCUT2D eigenvalue weighted by molar-refractivity contribution is 7.18. The largest absolute Gasteiger partial charge is 0.382 e. The highest BCUT2D eigenvalue weighted by Gasteiger charge is 2.17. The first-order chi connectivity index (χ1) is 8.13. The van der Waals surface area contributed by atoms with Crippen LogP contribution in [-0.4, -0.2) is 30.5 Å².